The molecule has 1 saturated heterocycles. The van der Waals surface area contributed by atoms with Crippen molar-refractivity contribution in [3.8, 4) is 11.4 Å². The maximum atomic E-state index is 5.60. The van der Waals surface area contributed by atoms with Crippen molar-refractivity contribution in [3.05, 3.63) is 24.2 Å². The van der Waals surface area contributed by atoms with E-state index >= 15 is 0 Å². The van der Waals surface area contributed by atoms with Gasteiger partial charge in [-0.3, -0.25) is 9.58 Å². The Kier molecular flexibility index (Phi) is 5.92. The number of aromatic nitrogens is 4. The van der Waals surface area contributed by atoms with Crippen LogP contribution in [0, 0.1) is 6.92 Å². The zero-order valence-corrected chi connectivity index (χ0v) is 17.2. The lowest BCUT2D eigenvalue weighted by Gasteiger charge is -2.48. The number of morpholine rings is 1. The fourth-order valence-corrected chi connectivity index (χ4v) is 4.57. The van der Waals surface area contributed by atoms with E-state index in [4.69, 9.17) is 4.74 Å². The molecule has 0 atom stereocenters. The molecule has 0 amide bonds. The minimum absolute atomic E-state index is 0.213. The lowest BCUT2D eigenvalue weighted by Crippen LogP contribution is -2.58. The van der Waals surface area contributed by atoms with E-state index in [0.717, 1.165) is 62.4 Å². The van der Waals surface area contributed by atoms with Crippen molar-refractivity contribution >= 4 is 5.82 Å². The van der Waals surface area contributed by atoms with Crippen LogP contribution in [0.15, 0.2) is 18.3 Å². The molecule has 0 unspecified atom stereocenters. The number of aryl methyl sites for hydroxylation is 2. The van der Waals surface area contributed by atoms with Gasteiger partial charge in [-0.2, -0.15) is 5.10 Å². The van der Waals surface area contributed by atoms with E-state index in [2.05, 4.69) is 32.2 Å². The van der Waals surface area contributed by atoms with Gasteiger partial charge in [0.2, 0.25) is 0 Å². The number of ether oxygens (including phenoxy) is 1. The third kappa shape index (κ3) is 4.20. The highest BCUT2D eigenvalue weighted by Gasteiger charge is 2.38. The number of anilines is 1. The number of nitrogens with zero attached hydrogens (tertiary/aromatic N) is 5. The summed E-state index contributed by atoms with van der Waals surface area (Å²) in [5.41, 5.74) is 1.99. The first kappa shape index (κ1) is 19.3. The van der Waals surface area contributed by atoms with Crippen molar-refractivity contribution in [2.75, 3.05) is 38.2 Å². The Morgan fingerprint density at radius 3 is 2.61 bits per heavy atom. The third-order valence-electron chi connectivity index (χ3n) is 6.13. The highest BCUT2D eigenvalue weighted by atomic mass is 16.5. The second-order valence-corrected chi connectivity index (χ2v) is 7.98. The zero-order chi connectivity index (χ0) is 19.4. The summed E-state index contributed by atoms with van der Waals surface area (Å²) in [6.07, 6.45) is 8.46. The van der Waals surface area contributed by atoms with Gasteiger partial charge in [0.15, 0.2) is 0 Å². The highest BCUT2D eigenvalue weighted by molar-refractivity contribution is 5.58. The number of hydrogen-bond acceptors (Lipinski definition) is 6. The minimum atomic E-state index is 0.213. The first-order chi connectivity index (χ1) is 13.7. The summed E-state index contributed by atoms with van der Waals surface area (Å²) in [6.45, 7) is 9.57. The molecule has 0 spiro atoms. The zero-order valence-electron chi connectivity index (χ0n) is 17.2. The molecule has 0 radical (unpaired) electrons. The number of rotatable bonds is 6. The van der Waals surface area contributed by atoms with Gasteiger partial charge in [-0.05, 0) is 32.8 Å². The van der Waals surface area contributed by atoms with Gasteiger partial charge in [-0.15, -0.1) is 0 Å². The van der Waals surface area contributed by atoms with Crippen molar-refractivity contribution in [1.82, 2.24) is 24.6 Å². The van der Waals surface area contributed by atoms with Crippen molar-refractivity contribution in [1.29, 1.82) is 0 Å². The molecule has 2 fully saturated rings. The molecule has 2 aromatic rings. The quantitative estimate of drug-likeness (QED) is 0.825. The van der Waals surface area contributed by atoms with Crippen LogP contribution in [0.5, 0.6) is 0 Å². The lowest BCUT2D eigenvalue weighted by atomic mass is 9.79. The maximum Gasteiger partial charge on any atom is 0.130 e. The van der Waals surface area contributed by atoms with E-state index in [-0.39, 0.29) is 5.54 Å². The Hall–Kier alpha value is -1.99. The van der Waals surface area contributed by atoms with E-state index in [1.54, 1.807) is 0 Å². The molecule has 7 nitrogen and oxygen atoms in total. The molecule has 152 valence electrons. The van der Waals surface area contributed by atoms with Crippen LogP contribution in [-0.2, 0) is 11.3 Å². The first-order valence-electron chi connectivity index (χ1n) is 10.6. The Bertz CT molecular complexity index is 777. The minimum Gasteiger partial charge on any atom is -0.379 e. The predicted octanol–water partition coefficient (Wildman–Crippen LogP) is 3.12. The largest absolute Gasteiger partial charge is 0.379 e. The monoisotopic (exact) mass is 384 g/mol. The van der Waals surface area contributed by atoms with Crippen LogP contribution in [-0.4, -0.2) is 63.0 Å². The van der Waals surface area contributed by atoms with Gasteiger partial charge in [0.05, 0.1) is 18.9 Å². The van der Waals surface area contributed by atoms with Crippen molar-refractivity contribution < 1.29 is 4.74 Å². The fraction of sp³-hybridized carbons (Fsp3) is 0.667. The second-order valence-electron chi connectivity index (χ2n) is 7.98. The van der Waals surface area contributed by atoms with Crippen LogP contribution in [0.25, 0.3) is 11.4 Å². The maximum absolute atomic E-state index is 5.60. The summed E-state index contributed by atoms with van der Waals surface area (Å²) < 4.78 is 7.52. The first-order valence-corrected chi connectivity index (χ1v) is 10.6. The smallest absolute Gasteiger partial charge is 0.130 e. The molecule has 4 rings (SSSR count). The van der Waals surface area contributed by atoms with Crippen LogP contribution in [0.1, 0.15) is 44.9 Å². The summed E-state index contributed by atoms with van der Waals surface area (Å²) in [5, 5.41) is 8.25. The highest BCUT2D eigenvalue weighted by Crippen LogP contribution is 2.34. The second kappa shape index (κ2) is 8.57. The average molecular weight is 385 g/mol. The number of nitrogens with one attached hydrogen (secondary N) is 1. The van der Waals surface area contributed by atoms with Crippen LogP contribution >= 0.6 is 0 Å². The van der Waals surface area contributed by atoms with Crippen LogP contribution in [0.3, 0.4) is 0 Å². The molecule has 2 aliphatic rings. The Labute approximate surface area is 167 Å². The average Bonchev–Trinajstić information content (AvgIpc) is 3.23. The Morgan fingerprint density at radius 1 is 1.11 bits per heavy atom. The molecular formula is C21H32N6O. The van der Waals surface area contributed by atoms with Crippen molar-refractivity contribution in [2.45, 2.75) is 58.0 Å². The van der Waals surface area contributed by atoms with Gasteiger partial charge < -0.3 is 10.1 Å². The summed E-state index contributed by atoms with van der Waals surface area (Å²) in [4.78, 5) is 11.9. The van der Waals surface area contributed by atoms with E-state index in [1.165, 1.54) is 32.1 Å². The predicted molar refractivity (Wildman–Crippen MR) is 110 cm³/mol. The summed E-state index contributed by atoms with van der Waals surface area (Å²) in [7, 11) is 0. The van der Waals surface area contributed by atoms with Gasteiger partial charge in [-0.25, -0.2) is 9.97 Å². The molecule has 7 heteroatoms. The molecule has 1 aliphatic carbocycles. The van der Waals surface area contributed by atoms with Crippen LogP contribution in [0.4, 0.5) is 5.82 Å². The summed E-state index contributed by atoms with van der Waals surface area (Å²) in [5.74, 6) is 1.67. The molecule has 0 bridgehead atoms. The van der Waals surface area contributed by atoms with Crippen LogP contribution in [0.2, 0.25) is 0 Å². The van der Waals surface area contributed by atoms with Gasteiger partial charge in [-0.1, -0.05) is 19.3 Å². The fourth-order valence-electron chi connectivity index (χ4n) is 4.57. The van der Waals surface area contributed by atoms with Gasteiger partial charge in [0.1, 0.15) is 17.3 Å². The van der Waals surface area contributed by atoms with E-state index in [0.29, 0.717) is 0 Å². The van der Waals surface area contributed by atoms with Gasteiger partial charge >= 0.3 is 0 Å². The molecule has 1 aliphatic heterocycles. The standard InChI is InChI=1S/C21H32N6O/c1-3-27-10-7-18(25-27)19-15-20(24-17(2)23-19)22-16-21(8-5-4-6-9-21)26-11-13-28-14-12-26/h7,10,15H,3-6,8-9,11-14,16H2,1-2H3,(H,22,23,24). The van der Waals surface area contributed by atoms with E-state index < -0.39 is 0 Å². The summed E-state index contributed by atoms with van der Waals surface area (Å²) >= 11 is 0. The molecule has 1 saturated carbocycles. The molecule has 28 heavy (non-hydrogen) atoms. The van der Waals surface area contributed by atoms with Gasteiger partial charge in [0, 0.05) is 44.0 Å². The van der Waals surface area contributed by atoms with Gasteiger partial charge in [0.25, 0.3) is 0 Å². The molecular weight excluding hydrogens is 352 g/mol. The Balaban J connectivity index is 1.52. The van der Waals surface area contributed by atoms with E-state index in [1.807, 2.05) is 29.9 Å². The van der Waals surface area contributed by atoms with Crippen molar-refractivity contribution in [3.63, 3.8) is 0 Å². The van der Waals surface area contributed by atoms with Crippen LogP contribution < -0.4 is 5.32 Å². The third-order valence-corrected chi connectivity index (χ3v) is 6.13. The van der Waals surface area contributed by atoms with Crippen molar-refractivity contribution in [2.24, 2.45) is 0 Å². The summed E-state index contributed by atoms with van der Waals surface area (Å²) in [6, 6.07) is 4.05. The molecule has 0 aromatic carbocycles. The molecule has 3 heterocycles. The molecule has 1 N–H and O–H groups in total. The number of hydrogen-bond donors (Lipinski definition) is 1. The lowest BCUT2D eigenvalue weighted by molar-refractivity contribution is -0.0318. The topological polar surface area (TPSA) is 68.1 Å². The normalized spacial score (nSPS) is 20.2. The van der Waals surface area contributed by atoms with E-state index in [9.17, 15) is 0 Å². The Morgan fingerprint density at radius 2 is 1.89 bits per heavy atom. The SMILES string of the molecule is CCn1ccc(-c2cc(NCC3(N4CCOCC4)CCCCC3)nc(C)n2)n1. The molecule has 2 aromatic heterocycles.